The van der Waals surface area contributed by atoms with Gasteiger partial charge in [-0.1, -0.05) is 60.3 Å². The Morgan fingerprint density at radius 2 is 1.79 bits per heavy atom. The fourth-order valence-electron chi connectivity index (χ4n) is 2.74. The number of carbonyl (C=O) groups is 1. The summed E-state index contributed by atoms with van der Waals surface area (Å²) < 4.78 is 7.95. The van der Waals surface area contributed by atoms with Gasteiger partial charge in [0.25, 0.3) is 0 Å². The molecule has 0 saturated carbocycles. The molecule has 2 aromatic carbocycles. The number of aromatic nitrogens is 3. The quantitative estimate of drug-likeness (QED) is 0.557. The van der Waals surface area contributed by atoms with Crippen LogP contribution in [-0.2, 0) is 17.9 Å². The molecule has 0 fully saturated rings. The molecule has 0 saturated heterocycles. The second kappa shape index (κ2) is 9.94. The molecule has 146 valence electrons. The molecule has 1 unspecified atom stereocenters. The van der Waals surface area contributed by atoms with Gasteiger partial charge in [-0.2, -0.15) is 0 Å². The Bertz CT molecular complexity index is 884. The van der Waals surface area contributed by atoms with E-state index >= 15 is 0 Å². The summed E-state index contributed by atoms with van der Waals surface area (Å²) in [7, 11) is 0. The van der Waals surface area contributed by atoms with Crippen LogP contribution in [0.25, 0.3) is 0 Å². The Kier molecular flexibility index (Phi) is 7.08. The number of benzene rings is 2. The number of carbonyl (C=O) groups excluding carboxylic acids is 1. The van der Waals surface area contributed by atoms with Gasteiger partial charge < -0.3 is 14.6 Å². The molecule has 0 aliphatic heterocycles. The van der Waals surface area contributed by atoms with E-state index in [4.69, 9.17) is 4.74 Å². The SMILES string of the molecule is CCn1c(SCC(=O)NCc2ccccc2)nnc1C(C)Oc1ccccc1. The average molecular weight is 397 g/mol. The first kappa shape index (κ1) is 19.9. The van der Waals surface area contributed by atoms with E-state index in [1.807, 2.05) is 79.1 Å². The number of nitrogens with one attached hydrogen (secondary N) is 1. The molecule has 0 spiro atoms. The van der Waals surface area contributed by atoms with Crippen LogP contribution in [0.4, 0.5) is 0 Å². The molecule has 28 heavy (non-hydrogen) atoms. The first-order valence-electron chi connectivity index (χ1n) is 9.25. The maximum Gasteiger partial charge on any atom is 0.230 e. The van der Waals surface area contributed by atoms with E-state index in [1.165, 1.54) is 11.8 Å². The lowest BCUT2D eigenvalue weighted by Crippen LogP contribution is -2.24. The molecule has 0 aliphatic rings. The van der Waals surface area contributed by atoms with Crippen molar-refractivity contribution in [3.8, 4) is 5.75 Å². The lowest BCUT2D eigenvalue weighted by molar-refractivity contribution is -0.118. The Hall–Kier alpha value is -2.80. The molecule has 1 atom stereocenters. The molecule has 0 bridgehead atoms. The van der Waals surface area contributed by atoms with Gasteiger partial charge in [-0.25, -0.2) is 0 Å². The number of nitrogens with zero attached hydrogens (tertiary/aromatic N) is 3. The number of hydrogen-bond donors (Lipinski definition) is 1. The van der Waals surface area contributed by atoms with Gasteiger partial charge in [0.15, 0.2) is 17.1 Å². The number of para-hydroxylation sites is 1. The van der Waals surface area contributed by atoms with E-state index in [-0.39, 0.29) is 12.0 Å². The average Bonchev–Trinajstić information content (AvgIpc) is 3.15. The van der Waals surface area contributed by atoms with Crippen molar-refractivity contribution in [3.05, 3.63) is 72.1 Å². The Balaban J connectivity index is 1.56. The Morgan fingerprint density at radius 3 is 2.46 bits per heavy atom. The summed E-state index contributed by atoms with van der Waals surface area (Å²) in [5.74, 6) is 1.79. The van der Waals surface area contributed by atoms with Gasteiger partial charge in [0.1, 0.15) is 5.75 Å². The molecular formula is C21H24N4O2S. The van der Waals surface area contributed by atoms with Crippen molar-refractivity contribution in [1.82, 2.24) is 20.1 Å². The zero-order valence-electron chi connectivity index (χ0n) is 16.0. The van der Waals surface area contributed by atoms with E-state index < -0.39 is 0 Å². The highest BCUT2D eigenvalue weighted by Crippen LogP contribution is 2.24. The second-order valence-corrected chi connectivity index (χ2v) is 7.15. The highest BCUT2D eigenvalue weighted by molar-refractivity contribution is 7.99. The molecule has 7 heteroatoms. The highest BCUT2D eigenvalue weighted by atomic mass is 32.2. The van der Waals surface area contributed by atoms with Crippen LogP contribution < -0.4 is 10.1 Å². The summed E-state index contributed by atoms with van der Waals surface area (Å²) in [4.78, 5) is 12.2. The summed E-state index contributed by atoms with van der Waals surface area (Å²) in [5.41, 5.74) is 1.08. The molecule has 3 rings (SSSR count). The van der Waals surface area contributed by atoms with Crippen molar-refractivity contribution in [3.63, 3.8) is 0 Å². The molecule has 1 heterocycles. The van der Waals surface area contributed by atoms with Crippen LogP contribution in [0.15, 0.2) is 65.8 Å². The van der Waals surface area contributed by atoms with Gasteiger partial charge in [0.2, 0.25) is 5.91 Å². The predicted molar refractivity (Wildman–Crippen MR) is 110 cm³/mol. The molecule has 1 N–H and O–H groups in total. The second-order valence-electron chi connectivity index (χ2n) is 6.21. The molecule has 1 aromatic heterocycles. The first-order chi connectivity index (χ1) is 13.7. The Labute approximate surface area is 169 Å². The van der Waals surface area contributed by atoms with Crippen molar-refractivity contribution >= 4 is 17.7 Å². The largest absolute Gasteiger partial charge is 0.483 e. The minimum absolute atomic E-state index is 0.0327. The fourth-order valence-corrected chi connectivity index (χ4v) is 3.58. The van der Waals surface area contributed by atoms with Gasteiger partial charge in [0.05, 0.1) is 5.75 Å². The van der Waals surface area contributed by atoms with Crippen molar-refractivity contribution < 1.29 is 9.53 Å². The lowest BCUT2D eigenvalue weighted by atomic mass is 10.2. The third kappa shape index (κ3) is 5.36. The van der Waals surface area contributed by atoms with Gasteiger partial charge in [-0.15, -0.1) is 10.2 Å². The van der Waals surface area contributed by atoms with Crippen molar-refractivity contribution in [1.29, 1.82) is 0 Å². The molecular weight excluding hydrogens is 372 g/mol. The zero-order chi connectivity index (χ0) is 19.8. The van der Waals surface area contributed by atoms with Crippen molar-refractivity contribution in [2.24, 2.45) is 0 Å². The molecule has 0 radical (unpaired) electrons. The van der Waals surface area contributed by atoms with E-state index in [0.29, 0.717) is 18.8 Å². The minimum Gasteiger partial charge on any atom is -0.483 e. The van der Waals surface area contributed by atoms with Gasteiger partial charge in [-0.3, -0.25) is 4.79 Å². The molecule has 6 nitrogen and oxygen atoms in total. The summed E-state index contributed by atoms with van der Waals surface area (Å²) in [6.45, 7) is 5.21. The predicted octanol–water partition coefficient (Wildman–Crippen LogP) is 3.85. The zero-order valence-corrected chi connectivity index (χ0v) is 16.9. The topological polar surface area (TPSA) is 69.0 Å². The standard InChI is InChI=1S/C21H24N4O2S/c1-3-25-20(16(2)27-18-12-8-5-9-13-18)23-24-21(25)28-15-19(26)22-14-17-10-6-4-7-11-17/h4-13,16H,3,14-15H2,1-2H3,(H,22,26). The maximum absolute atomic E-state index is 12.2. The highest BCUT2D eigenvalue weighted by Gasteiger charge is 2.19. The summed E-state index contributed by atoms with van der Waals surface area (Å²) in [6, 6.07) is 19.5. The van der Waals surface area contributed by atoms with Crippen LogP contribution >= 0.6 is 11.8 Å². The summed E-state index contributed by atoms with van der Waals surface area (Å²) in [5, 5.41) is 12.2. The molecule has 1 amide bonds. The number of amides is 1. The van der Waals surface area contributed by atoms with Crippen LogP contribution in [0.1, 0.15) is 31.3 Å². The van der Waals surface area contributed by atoms with Crippen molar-refractivity contribution in [2.75, 3.05) is 5.75 Å². The van der Waals surface area contributed by atoms with E-state index in [9.17, 15) is 4.79 Å². The minimum atomic E-state index is -0.240. The lowest BCUT2D eigenvalue weighted by Gasteiger charge is -2.15. The van der Waals surface area contributed by atoms with E-state index in [1.54, 1.807) is 0 Å². The van der Waals surface area contributed by atoms with E-state index in [2.05, 4.69) is 15.5 Å². The number of rotatable bonds is 9. The Morgan fingerprint density at radius 1 is 1.11 bits per heavy atom. The smallest absolute Gasteiger partial charge is 0.230 e. The van der Waals surface area contributed by atoms with Gasteiger partial charge in [0, 0.05) is 13.1 Å². The van der Waals surface area contributed by atoms with Crippen LogP contribution in [-0.4, -0.2) is 26.4 Å². The summed E-state index contributed by atoms with van der Waals surface area (Å²) in [6.07, 6.45) is -0.240. The molecule has 0 aliphatic carbocycles. The normalized spacial score (nSPS) is 11.8. The van der Waals surface area contributed by atoms with Crippen LogP contribution in [0.2, 0.25) is 0 Å². The van der Waals surface area contributed by atoms with Gasteiger partial charge in [-0.05, 0) is 31.5 Å². The first-order valence-corrected chi connectivity index (χ1v) is 10.2. The third-order valence-corrected chi connectivity index (χ3v) is 5.11. The fraction of sp³-hybridized carbons (Fsp3) is 0.286. The number of ether oxygens (including phenoxy) is 1. The van der Waals surface area contributed by atoms with Crippen LogP contribution in [0.3, 0.4) is 0 Å². The van der Waals surface area contributed by atoms with Crippen LogP contribution in [0.5, 0.6) is 5.75 Å². The third-order valence-electron chi connectivity index (χ3n) is 4.15. The van der Waals surface area contributed by atoms with Gasteiger partial charge >= 0.3 is 0 Å². The number of thioether (sulfide) groups is 1. The number of hydrogen-bond acceptors (Lipinski definition) is 5. The van der Waals surface area contributed by atoms with E-state index in [0.717, 1.165) is 22.3 Å². The van der Waals surface area contributed by atoms with Crippen LogP contribution in [0, 0.1) is 0 Å². The maximum atomic E-state index is 12.2. The summed E-state index contributed by atoms with van der Waals surface area (Å²) >= 11 is 1.38. The van der Waals surface area contributed by atoms with Crippen molar-refractivity contribution in [2.45, 2.75) is 38.2 Å². The molecule has 3 aromatic rings. The monoisotopic (exact) mass is 396 g/mol.